The molecule has 12 nitrogen and oxygen atoms in total. The number of pyridine rings is 6. The summed E-state index contributed by atoms with van der Waals surface area (Å²) in [5, 5.41) is 33.7. The van der Waals surface area contributed by atoms with Gasteiger partial charge in [0.1, 0.15) is 16.6 Å². The minimum atomic E-state index is -0.963. The average Bonchev–Trinajstić information content (AvgIpc) is 4.18. The molecule has 0 saturated carbocycles. The summed E-state index contributed by atoms with van der Waals surface area (Å²) >= 11 is 12.8. The number of hydrogen-bond donors (Lipinski definition) is 1. The van der Waals surface area contributed by atoms with Gasteiger partial charge in [0.25, 0.3) is 0 Å². The first-order valence-electron chi connectivity index (χ1n) is 19.6. The zero-order chi connectivity index (χ0) is 45.8. The van der Waals surface area contributed by atoms with E-state index in [-0.39, 0.29) is 25.0 Å². The quantitative estimate of drug-likeness (QED) is 0.0873. The number of anilines is 3. The van der Waals surface area contributed by atoms with Crippen LogP contribution in [0.1, 0.15) is 10.4 Å². The Morgan fingerprint density at radius 3 is 1.90 bits per heavy atom. The summed E-state index contributed by atoms with van der Waals surface area (Å²) in [6.45, 7) is 0. The number of carboxylic acids is 1. The standard InChI is InChI=1S/C36H22N6S3.C11H8N2O2.2CNS.Ru/c1-2-9-29-24(8-1)25-19-28(27-18-23(13-16-37-27)41(33-11-3-5-14-38-33)34-12-4-6-15-39-34)40-21-30(25)42(29)35-20-32-36(45-35)26(22-44-32)31-10-7-17-43-31;14-11(15)8-4-6-13-10(7-8)9-3-1-2-5-12-9;2*2-1-3;/h1-22H;1-7H,(H,14,15);;;/q;;2*-1;+2. The van der Waals surface area contributed by atoms with Gasteiger partial charge in [-0.2, -0.15) is 10.3 Å². The molecule has 0 unspecified atom stereocenters. The molecule has 1 N–H and O–H groups in total. The molecule has 326 valence electrons. The SMILES string of the molecule is O=C(O)c1ccnc(-c2ccccn2)c1.[N-]=C=S.[N-]=C=S.[Ru+2].c1ccc(N(c2ccnc(-c3cc4c5ccccc5n(-c5cc6scc(-c7cccs7)c6s5)c4cn3)c2)c2ccccn2)nc1. The van der Waals surface area contributed by atoms with E-state index in [1.165, 1.54) is 58.9 Å². The van der Waals surface area contributed by atoms with Crippen LogP contribution in [0.15, 0.2) is 175 Å². The van der Waals surface area contributed by atoms with Crippen molar-refractivity contribution in [3.63, 3.8) is 0 Å². The van der Waals surface area contributed by atoms with E-state index in [0.717, 1.165) is 45.1 Å². The van der Waals surface area contributed by atoms with E-state index >= 15 is 0 Å². The Morgan fingerprint density at radius 1 is 0.627 bits per heavy atom. The first-order valence-corrected chi connectivity index (χ1v) is 23.0. The Balaban J connectivity index is 0.000000254. The third-order valence-corrected chi connectivity index (χ3v) is 12.9. The van der Waals surface area contributed by atoms with Gasteiger partial charge in [-0.1, -0.05) is 66.9 Å². The number of nitrogens with zero attached hydrogens (tertiary/aromatic N) is 10. The van der Waals surface area contributed by atoms with Crippen LogP contribution in [0.25, 0.3) is 80.2 Å². The number of carbonyl (C=O) groups is 1. The van der Waals surface area contributed by atoms with Crippen molar-refractivity contribution in [1.29, 1.82) is 0 Å². The van der Waals surface area contributed by atoms with E-state index in [1.54, 1.807) is 42.1 Å². The summed E-state index contributed by atoms with van der Waals surface area (Å²) in [7, 11) is 0. The van der Waals surface area contributed by atoms with E-state index in [4.69, 9.17) is 25.9 Å². The van der Waals surface area contributed by atoms with Gasteiger partial charge in [0.2, 0.25) is 0 Å². The second-order valence-corrected chi connectivity index (χ2v) is 16.8. The average molecular weight is 1050 g/mol. The number of thiocarbonyl (C=S) groups is 2. The molecule has 0 atom stereocenters. The second kappa shape index (κ2) is 22.8. The van der Waals surface area contributed by atoms with Crippen LogP contribution in [0.2, 0.25) is 0 Å². The molecule has 0 saturated heterocycles. The Hall–Kier alpha value is -7.23. The predicted molar refractivity (Wildman–Crippen MR) is 275 cm³/mol. The van der Waals surface area contributed by atoms with E-state index in [1.807, 2.05) is 88.5 Å². The Bertz CT molecular complexity index is 3430. The number of benzene rings is 1. The summed E-state index contributed by atoms with van der Waals surface area (Å²) in [6.07, 6.45) is 10.5. The minimum absolute atomic E-state index is 0. The number of para-hydroxylation sites is 1. The fourth-order valence-electron chi connectivity index (χ4n) is 7.04. The van der Waals surface area contributed by atoms with E-state index in [9.17, 15) is 4.79 Å². The van der Waals surface area contributed by atoms with Crippen molar-refractivity contribution >= 4 is 123 Å². The third kappa shape index (κ3) is 10.7. The molecule has 0 spiro atoms. The number of aromatic nitrogens is 7. The maximum absolute atomic E-state index is 10.7. The number of rotatable bonds is 8. The smallest absolute Gasteiger partial charge is 0.753 e. The zero-order valence-corrected chi connectivity index (χ0v) is 40.3. The van der Waals surface area contributed by atoms with Crippen LogP contribution in [-0.4, -0.2) is 55.9 Å². The Kier molecular flexibility index (Phi) is 16.2. The van der Waals surface area contributed by atoms with Crippen LogP contribution in [-0.2, 0) is 19.5 Å². The molecule has 0 aliphatic carbocycles. The van der Waals surface area contributed by atoms with Crippen LogP contribution >= 0.6 is 58.4 Å². The van der Waals surface area contributed by atoms with E-state index in [2.05, 4.69) is 114 Å². The summed E-state index contributed by atoms with van der Waals surface area (Å²) < 4.78 is 4.99. The minimum Gasteiger partial charge on any atom is -0.753 e. The number of carboxylic acid groups (broad SMARTS) is 1. The number of aromatic carboxylic acids is 1. The summed E-state index contributed by atoms with van der Waals surface area (Å²) in [6, 6.07) is 41.5. The number of fused-ring (bicyclic) bond motifs is 4. The van der Waals surface area contributed by atoms with Gasteiger partial charge in [-0.3, -0.25) is 29.4 Å². The molecule has 18 heteroatoms. The Labute approximate surface area is 418 Å². The first-order chi connectivity index (χ1) is 32.4. The van der Waals surface area contributed by atoms with Crippen LogP contribution in [0, 0.1) is 0 Å². The maximum atomic E-state index is 10.7. The molecule has 0 radical (unpaired) electrons. The molecule has 0 fully saturated rings. The molecule has 0 aliphatic heterocycles. The molecule has 0 amide bonds. The van der Waals surface area contributed by atoms with Gasteiger partial charge in [-0.15, -0.1) is 34.0 Å². The van der Waals surface area contributed by atoms with Crippen LogP contribution in [0.4, 0.5) is 17.3 Å². The Morgan fingerprint density at radius 2 is 1.25 bits per heavy atom. The van der Waals surface area contributed by atoms with Crippen molar-refractivity contribution in [2.75, 3.05) is 4.90 Å². The van der Waals surface area contributed by atoms with Crippen molar-refractivity contribution in [3.05, 3.63) is 192 Å². The van der Waals surface area contributed by atoms with Gasteiger partial charge in [0, 0.05) is 62.3 Å². The van der Waals surface area contributed by atoms with Crippen LogP contribution in [0.5, 0.6) is 0 Å². The van der Waals surface area contributed by atoms with Gasteiger partial charge in [0.15, 0.2) is 0 Å². The maximum Gasteiger partial charge on any atom is 2.00 e. The molecule has 67 heavy (non-hydrogen) atoms. The first kappa shape index (κ1) is 47.7. The van der Waals surface area contributed by atoms with Gasteiger partial charge >= 0.3 is 25.4 Å². The largest absolute Gasteiger partial charge is 2.00 e. The van der Waals surface area contributed by atoms with Gasteiger partial charge in [-0.05, 0) is 90.3 Å². The second-order valence-electron chi connectivity index (χ2n) is 13.6. The van der Waals surface area contributed by atoms with Crippen molar-refractivity contribution in [3.8, 4) is 38.2 Å². The topological polar surface area (TPSA) is 167 Å². The monoisotopic (exact) mass is 1050 g/mol. The van der Waals surface area contributed by atoms with Gasteiger partial charge < -0.3 is 15.9 Å². The van der Waals surface area contributed by atoms with E-state index in [0.29, 0.717) is 11.4 Å². The fourth-order valence-corrected chi connectivity index (χ4v) is 10.3. The third-order valence-electron chi connectivity index (χ3n) is 9.75. The molecular formula is C49H30N10O2RuS5. The van der Waals surface area contributed by atoms with E-state index < -0.39 is 5.97 Å². The van der Waals surface area contributed by atoms with Crippen molar-refractivity contribution in [2.24, 2.45) is 0 Å². The summed E-state index contributed by atoms with van der Waals surface area (Å²) in [5.74, 6) is 0.588. The molecular weight excluding hydrogens is 1020 g/mol. The molecule has 10 aromatic heterocycles. The van der Waals surface area contributed by atoms with Crippen molar-refractivity contribution < 1.29 is 29.4 Å². The number of hydrogen-bond acceptors (Lipinski definition) is 13. The molecule has 11 aromatic rings. The van der Waals surface area contributed by atoms with Crippen LogP contribution in [0.3, 0.4) is 0 Å². The van der Waals surface area contributed by atoms with Crippen molar-refractivity contribution in [2.45, 2.75) is 0 Å². The summed E-state index contributed by atoms with van der Waals surface area (Å²) in [4.78, 5) is 41.2. The molecule has 11 rings (SSSR count). The van der Waals surface area contributed by atoms with Crippen molar-refractivity contribution in [1.82, 2.24) is 34.5 Å². The molecule has 1 aromatic carbocycles. The van der Waals surface area contributed by atoms with Gasteiger partial charge in [-0.25, -0.2) is 14.8 Å². The molecule has 10 heterocycles. The number of thiophene rings is 3. The van der Waals surface area contributed by atoms with Gasteiger partial charge in [0.05, 0.1) is 56.0 Å². The number of isothiocyanates is 2. The normalized spacial score (nSPS) is 10.2. The zero-order valence-electron chi connectivity index (χ0n) is 34.5. The molecule has 0 aliphatic rings. The predicted octanol–water partition coefficient (Wildman–Crippen LogP) is 13.7. The molecule has 0 bridgehead atoms. The van der Waals surface area contributed by atoms with Crippen LogP contribution < -0.4 is 4.90 Å². The fraction of sp³-hybridized carbons (Fsp3) is 0. The summed E-state index contributed by atoms with van der Waals surface area (Å²) in [5.41, 5.74) is 7.49.